The van der Waals surface area contributed by atoms with Gasteiger partial charge in [0, 0.05) is 61.8 Å². The summed E-state index contributed by atoms with van der Waals surface area (Å²) in [6.45, 7) is -1.42. The number of ether oxygens (including phenoxy) is 1. The van der Waals surface area contributed by atoms with E-state index in [1.54, 1.807) is 42.2 Å². The van der Waals surface area contributed by atoms with Crippen molar-refractivity contribution in [3.63, 3.8) is 0 Å². The maximum absolute atomic E-state index is 15.3. The predicted octanol–water partition coefficient (Wildman–Crippen LogP) is 3.64. The van der Waals surface area contributed by atoms with Crippen LogP contribution in [0, 0.1) is 10.8 Å². The third-order valence-electron chi connectivity index (χ3n) is 9.04. The second kappa shape index (κ2) is 9.06. The molecule has 2 N–H and O–H groups in total. The molecule has 2 amide bonds. The minimum Gasteiger partial charge on any atom is -0.465 e. The molecule has 1 aromatic carbocycles. The summed E-state index contributed by atoms with van der Waals surface area (Å²) >= 11 is 0. The number of alkyl halides is 3. The molecule has 14 heteroatoms. The van der Waals surface area contributed by atoms with Crippen molar-refractivity contribution in [2.75, 3.05) is 32.8 Å². The monoisotopic (exact) mass is 593 g/mol. The zero-order chi connectivity index (χ0) is 30.3. The SMILES string of the molecule is CCOC(=O)C12CN(C(=O)c3cccc4cn[nH]c34)CC1(C(F)(F)F)CN(C(=O)c1cc3cnc4[nH]ccc4c3n1C)C2. The molecule has 0 bridgehead atoms. The summed E-state index contributed by atoms with van der Waals surface area (Å²) in [5.74, 6) is -2.43. The molecule has 43 heavy (non-hydrogen) atoms. The van der Waals surface area contributed by atoms with Crippen molar-refractivity contribution in [1.29, 1.82) is 0 Å². The molecule has 2 aliphatic rings. The minimum absolute atomic E-state index is 0.138. The first-order valence-corrected chi connectivity index (χ1v) is 13.7. The van der Waals surface area contributed by atoms with Crippen molar-refractivity contribution >= 4 is 50.6 Å². The van der Waals surface area contributed by atoms with E-state index < -0.39 is 61.0 Å². The summed E-state index contributed by atoms with van der Waals surface area (Å²) in [6, 6.07) is 8.23. The van der Waals surface area contributed by atoms with Crippen molar-refractivity contribution in [2.45, 2.75) is 13.1 Å². The Hall–Kier alpha value is -4.88. The van der Waals surface area contributed by atoms with Gasteiger partial charge < -0.3 is 24.1 Å². The molecule has 0 saturated carbocycles. The number of para-hydroxylation sites is 1. The van der Waals surface area contributed by atoms with Gasteiger partial charge >= 0.3 is 12.1 Å². The second-order valence-corrected chi connectivity index (χ2v) is 11.2. The molecule has 5 aromatic rings. The lowest BCUT2D eigenvalue weighted by Gasteiger charge is -2.36. The Labute approximate surface area is 241 Å². The zero-order valence-electron chi connectivity index (χ0n) is 23.2. The Morgan fingerprint density at radius 3 is 2.49 bits per heavy atom. The number of pyridine rings is 1. The van der Waals surface area contributed by atoms with E-state index in [0.717, 1.165) is 15.2 Å². The van der Waals surface area contributed by atoms with Crippen molar-refractivity contribution in [1.82, 2.24) is 34.5 Å². The number of halogens is 3. The van der Waals surface area contributed by atoms with Crippen molar-refractivity contribution in [3.05, 3.63) is 60.2 Å². The zero-order valence-corrected chi connectivity index (χ0v) is 23.2. The number of aromatic amines is 2. The summed E-state index contributed by atoms with van der Waals surface area (Å²) in [4.78, 5) is 50.7. The Balaban J connectivity index is 1.30. The van der Waals surface area contributed by atoms with E-state index in [9.17, 15) is 14.4 Å². The number of aromatic nitrogens is 5. The summed E-state index contributed by atoms with van der Waals surface area (Å²) < 4.78 is 52.8. The fourth-order valence-corrected chi connectivity index (χ4v) is 6.99. The number of hydrogen-bond donors (Lipinski definition) is 2. The van der Waals surface area contributed by atoms with E-state index in [0.29, 0.717) is 27.5 Å². The molecule has 0 spiro atoms. The van der Waals surface area contributed by atoms with E-state index in [1.807, 2.05) is 6.07 Å². The highest BCUT2D eigenvalue weighted by Gasteiger charge is 2.79. The Morgan fingerprint density at radius 2 is 1.77 bits per heavy atom. The Bertz CT molecular complexity index is 1960. The number of rotatable bonds is 4. The fraction of sp³-hybridized carbons (Fsp3) is 0.345. The lowest BCUT2D eigenvalue weighted by molar-refractivity contribution is -0.241. The van der Waals surface area contributed by atoms with Gasteiger partial charge in [0.05, 0.1) is 29.4 Å². The fourth-order valence-electron chi connectivity index (χ4n) is 6.99. The van der Waals surface area contributed by atoms with Crippen molar-refractivity contribution in [2.24, 2.45) is 17.9 Å². The number of benzene rings is 1. The van der Waals surface area contributed by atoms with Crippen LogP contribution < -0.4 is 0 Å². The molecule has 2 aliphatic heterocycles. The smallest absolute Gasteiger partial charge is 0.399 e. The van der Waals surface area contributed by atoms with Crippen LogP contribution in [0.5, 0.6) is 0 Å². The quantitative estimate of drug-likeness (QED) is 0.306. The first-order chi connectivity index (χ1) is 20.5. The minimum atomic E-state index is -4.95. The molecule has 2 atom stereocenters. The normalized spacial score (nSPS) is 22.2. The van der Waals surface area contributed by atoms with Crippen LogP contribution in [0.4, 0.5) is 13.2 Å². The lowest BCUT2D eigenvalue weighted by atomic mass is 9.67. The number of likely N-dealkylation sites (tertiary alicyclic amines) is 2. The predicted molar refractivity (Wildman–Crippen MR) is 148 cm³/mol. The van der Waals surface area contributed by atoms with Crippen LogP contribution in [-0.2, 0) is 16.6 Å². The molecular formula is C29H26F3N7O4. The van der Waals surface area contributed by atoms with Gasteiger partial charge in [0.25, 0.3) is 11.8 Å². The molecule has 7 rings (SSSR count). The van der Waals surface area contributed by atoms with Crippen molar-refractivity contribution in [3.8, 4) is 0 Å². The molecule has 6 heterocycles. The number of esters is 1. The second-order valence-electron chi connectivity index (χ2n) is 11.2. The van der Waals surface area contributed by atoms with Crippen LogP contribution in [0.1, 0.15) is 27.8 Å². The van der Waals surface area contributed by atoms with Gasteiger partial charge in [0.15, 0.2) is 0 Å². The van der Waals surface area contributed by atoms with E-state index in [1.165, 1.54) is 19.2 Å². The summed E-state index contributed by atoms with van der Waals surface area (Å²) in [6.07, 6.45) is -0.145. The van der Waals surface area contributed by atoms with E-state index >= 15 is 13.2 Å². The number of hydrogen-bond acceptors (Lipinski definition) is 6. The summed E-state index contributed by atoms with van der Waals surface area (Å²) in [5, 5.41) is 8.69. The molecular weight excluding hydrogens is 567 g/mol. The van der Waals surface area contributed by atoms with Crippen LogP contribution in [0.3, 0.4) is 0 Å². The number of carbonyl (C=O) groups is 3. The van der Waals surface area contributed by atoms with Crippen molar-refractivity contribution < 1.29 is 32.3 Å². The number of H-pyrrole nitrogens is 2. The third kappa shape index (κ3) is 3.58. The average Bonchev–Trinajstić information content (AvgIpc) is 3.78. The van der Waals surface area contributed by atoms with E-state index in [-0.39, 0.29) is 17.9 Å². The number of nitrogens with one attached hydrogen (secondary N) is 2. The van der Waals surface area contributed by atoms with Gasteiger partial charge in [0.1, 0.15) is 22.2 Å². The Kier molecular flexibility index (Phi) is 5.68. The van der Waals surface area contributed by atoms with Gasteiger partial charge in [0.2, 0.25) is 0 Å². The van der Waals surface area contributed by atoms with Crippen LogP contribution in [0.15, 0.2) is 48.9 Å². The first kappa shape index (κ1) is 27.0. The largest absolute Gasteiger partial charge is 0.465 e. The maximum Gasteiger partial charge on any atom is 0.399 e. The van der Waals surface area contributed by atoms with Gasteiger partial charge in [-0.2, -0.15) is 18.3 Å². The molecule has 11 nitrogen and oxygen atoms in total. The molecule has 0 radical (unpaired) electrons. The Morgan fingerprint density at radius 1 is 1.02 bits per heavy atom. The number of nitrogens with zero attached hydrogens (tertiary/aromatic N) is 5. The van der Waals surface area contributed by atoms with E-state index in [4.69, 9.17) is 4.74 Å². The number of amides is 2. The lowest BCUT2D eigenvalue weighted by Crippen LogP contribution is -2.55. The molecule has 0 aliphatic carbocycles. The molecule has 2 fully saturated rings. The van der Waals surface area contributed by atoms with Crippen LogP contribution in [-0.4, -0.2) is 91.3 Å². The topological polar surface area (TPSA) is 129 Å². The van der Waals surface area contributed by atoms with Gasteiger partial charge in [-0.3, -0.25) is 19.5 Å². The third-order valence-corrected chi connectivity index (χ3v) is 9.04. The highest BCUT2D eigenvalue weighted by molar-refractivity contribution is 6.08. The number of carbonyl (C=O) groups excluding carboxylic acids is 3. The number of fused-ring (bicyclic) bond motifs is 5. The maximum atomic E-state index is 15.3. The molecule has 2 unspecified atom stereocenters. The van der Waals surface area contributed by atoms with Crippen LogP contribution >= 0.6 is 0 Å². The van der Waals surface area contributed by atoms with E-state index in [2.05, 4.69) is 20.2 Å². The molecule has 4 aromatic heterocycles. The average molecular weight is 594 g/mol. The van der Waals surface area contributed by atoms with Gasteiger partial charge in [-0.25, -0.2) is 4.98 Å². The number of aryl methyl sites for hydroxylation is 1. The van der Waals surface area contributed by atoms with Gasteiger partial charge in [-0.1, -0.05) is 12.1 Å². The first-order valence-electron chi connectivity index (χ1n) is 13.7. The molecule has 2 saturated heterocycles. The van der Waals surface area contributed by atoms with Crippen LogP contribution in [0.25, 0.3) is 32.8 Å². The van der Waals surface area contributed by atoms with Gasteiger partial charge in [-0.05, 0) is 25.1 Å². The molecule has 222 valence electrons. The standard InChI is InChI=1S/C29H26F3N7O4/c1-3-43-26(42)27-12-38(24(40)18-6-4-5-16-11-35-36-21(16)18)14-28(27,29(30,31)32)15-39(13-27)25(41)20-9-17-10-34-23-19(7-8-33-23)22(17)37(20)2/h4-11H,3,12-15H2,1-2H3,(H,33,34)(H,35,36). The van der Waals surface area contributed by atoms with Gasteiger partial charge in [-0.15, -0.1) is 0 Å². The highest BCUT2D eigenvalue weighted by atomic mass is 19.4. The van der Waals surface area contributed by atoms with Crippen LogP contribution in [0.2, 0.25) is 0 Å². The summed E-state index contributed by atoms with van der Waals surface area (Å²) in [5.41, 5.74) is -3.00. The summed E-state index contributed by atoms with van der Waals surface area (Å²) in [7, 11) is 1.66. The highest BCUT2D eigenvalue weighted by Crippen LogP contribution is 2.61.